The summed E-state index contributed by atoms with van der Waals surface area (Å²) in [6.45, 7) is 7.55. The topological polar surface area (TPSA) is 20.3 Å². The summed E-state index contributed by atoms with van der Waals surface area (Å²) in [5, 5.41) is 0. The first-order valence-corrected chi connectivity index (χ1v) is 7.78. The normalized spacial score (nSPS) is 23.1. The largest absolute Gasteiger partial charge is 0.374 e. The molecular weight excluding hydrogens is 246 g/mol. The minimum atomic E-state index is 0.209. The van der Waals surface area contributed by atoms with Crippen LogP contribution in [0.2, 0.25) is 0 Å². The van der Waals surface area contributed by atoms with Crippen LogP contribution in [0.15, 0.2) is 24.3 Å². The van der Waals surface area contributed by atoms with Crippen LogP contribution in [0.5, 0.6) is 0 Å². The second kappa shape index (κ2) is 6.43. The lowest BCUT2D eigenvalue weighted by atomic mass is 9.75. The van der Waals surface area contributed by atoms with E-state index in [1.165, 1.54) is 11.3 Å². The van der Waals surface area contributed by atoms with E-state index < -0.39 is 0 Å². The molecule has 0 aromatic heterocycles. The summed E-state index contributed by atoms with van der Waals surface area (Å²) >= 11 is 0. The summed E-state index contributed by atoms with van der Waals surface area (Å²) in [6.07, 6.45) is 2.92. The van der Waals surface area contributed by atoms with Crippen LogP contribution in [0.25, 0.3) is 0 Å². The van der Waals surface area contributed by atoms with Gasteiger partial charge < -0.3 is 4.90 Å². The Morgan fingerprint density at radius 3 is 2.65 bits per heavy atom. The highest BCUT2D eigenvalue weighted by Crippen LogP contribution is 2.32. The number of para-hydroxylation sites is 1. The zero-order valence-electron chi connectivity index (χ0n) is 13.2. The molecule has 110 valence electrons. The third-order valence-electron chi connectivity index (χ3n) is 4.77. The first-order valence-electron chi connectivity index (χ1n) is 7.78. The van der Waals surface area contributed by atoms with E-state index in [2.05, 4.69) is 57.0 Å². The van der Waals surface area contributed by atoms with Crippen molar-refractivity contribution in [2.75, 3.05) is 18.5 Å². The highest BCUT2D eigenvalue weighted by atomic mass is 16.1. The fourth-order valence-corrected chi connectivity index (χ4v) is 3.35. The van der Waals surface area contributed by atoms with Crippen LogP contribution in [0.4, 0.5) is 5.69 Å². The van der Waals surface area contributed by atoms with E-state index in [9.17, 15) is 4.79 Å². The van der Waals surface area contributed by atoms with E-state index in [1.807, 2.05) is 0 Å². The minimum absolute atomic E-state index is 0.209. The Balaban J connectivity index is 2.04. The average molecular weight is 273 g/mol. The van der Waals surface area contributed by atoms with Gasteiger partial charge in [-0.05, 0) is 43.2 Å². The molecular formula is C18H27NO. The first-order chi connectivity index (χ1) is 9.49. The van der Waals surface area contributed by atoms with Crippen LogP contribution in [-0.4, -0.2) is 19.4 Å². The predicted molar refractivity (Wildman–Crippen MR) is 85.1 cm³/mol. The maximum absolute atomic E-state index is 12.2. The van der Waals surface area contributed by atoms with Crippen molar-refractivity contribution < 1.29 is 4.79 Å². The van der Waals surface area contributed by atoms with Crippen LogP contribution in [-0.2, 0) is 4.79 Å². The van der Waals surface area contributed by atoms with E-state index in [4.69, 9.17) is 0 Å². The molecule has 0 spiro atoms. The summed E-state index contributed by atoms with van der Waals surface area (Å²) < 4.78 is 0. The average Bonchev–Trinajstić information content (AvgIpc) is 2.41. The molecule has 2 rings (SSSR count). The third-order valence-corrected chi connectivity index (χ3v) is 4.77. The lowest BCUT2D eigenvalue weighted by Crippen LogP contribution is -2.36. The van der Waals surface area contributed by atoms with E-state index in [-0.39, 0.29) is 5.92 Å². The fraction of sp³-hybridized carbons (Fsp3) is 0.611. The summed E-state index contributed by atoms with van der Waals surface area (Å²) in [4.78, 5) is 14.4. The molecule has 1 aliphatic carbocycles. The summed E-state index contributed by atoms with van der Waals surface area (Å²) in [7, 11) is 2.11. The predicted octanol–water partition coefficient (Wildman–Crippen LogP) is 4.07. The van der Waals surface area contributed by atoms with Gasteiger partial charge in [0, 0.05) is 31.6 Å². The van der Waals surface area contributed by atoms with Crippen molar-refractivity contribution >= 4 is 11.5 Å². The van der Waals surface area contributed by atoms with Gasteiger partial charge in [-0.3, -0.25) is 4.79 Å². The van der Waals surface area contributed by atoms with Gasteiger partial charge >= 0.3 is 0 Å². The van der Waals surface area contributed by atoms with Gasteiger partial charge in [0.1, 0.15) is 5.78 Å². The molecule has 1 aromatic rings. The van der Waals surface area contributed by atoms with Crippen molar-refractivity contribution in [2.45, 2.75) is 40.0 Å². The molecule has 0 bridgehead atoms. The molecule has 1 saturated carbocycles. The number of nitrogens with zero attached hydrogens (tertiary/aromatic N) is 1. The summed E-state index contributed by atoms with van der Waals surface area (Å²) in [6, 6.07) is 8.40. The number of ketones is 1. The first kappa shape index (κ1) is 15.1. The van der Waals surface area contributed by atoms with Crippen molar-refractivity contribution in [1.29, 1.82) is 0 Å². The van der Waals surface area contributed by atoms with E-state index in [0.717, 1.165) is 25.8 Å². The zero-order valence-corrected chi connectivity index (χ0v) is 13.2. The highest BCUT2D eigenvalue weighted by molar-refractivity contribution is 5.82. The van der Waals surface area contributed by atoms with Crippen molar-refractivity contribution in [3.63, 3.8) is 0 Å². The number of hydrogen-bond acceptors (Lipinski definition) is 2. The smallest absolute Gasteiger partial charge is 0.137 e. The molecule has 0 aliphatic heterocycles. The van der Waals surface area contributed by atoms with Gasteiger partial charge in [0.05, 0.1) is 0 Å². The van der Waals surface area contributed by atoms with Crippen molar-refractivity contribution in [3.8, 4) is 0 Å². The summed E-state index contributed by atoms with van der Waals surface area (Å²) in [5.74, 6) is 2.07. The summed E-state index contributed by atoms with van der Waals surface area (Å²) in [5.41, 5.74) is 2.52. The van der Waals surface area contributed by atoms with Gasteiger partial charge in [-0.15, -0.1) is 0 Å². The van der Waals surface area contributed by atoms with Crippen molar-refractivity contribution in [3.05, 3.63) is 29.8 Å². The Labute approximate surface area is 123 Å². The van der Waals surface area contributed by atoms with Gasteiger partial charge in [0.15, 0.2) is 0 Å². The van der Waals surface area contributed by atoms with E-state index in [1.54, 1.807) is 0 Å². The second-order valence-corrected chi connectivity index (χ2v) is 6.61. The molecule has 1 aliphatic rings. The third kappa shape index (κ3) is 3.41. The maximum atomic E-state index is 12.2. The van der Waals surface area contributed by atoms with Gasteiger partial charge in [-0.2, -0.15) is 0 Å². The molecule has 1 aromatic carbocycles. The fourth-order valence-electron chi connectivity index (χ4n) is 3.35. The maximum Gasteiger partial charge on any atom is 0.137 e. The number of Topliss-reactive ketones (excluding diaryl/α,β-unsaturated/α-hetero) is 1. The van der Waals surface area contributed by atoms with Gasteiger partial charge in [-0.1, -0.05) is 32.0 Å². The lowest BCUT2D eigenvalue weighted by molar-refractivity contribution is -0.125. The molecule has 20 heavy (non-hydrogen) atoms. The molecule has 0 radical (unpaired) electrons. The van der Waals surface area contributed by atoms with Crippen LogP contribution in [0, 0.1) is 24.7 Å². The number of rotatable bonds is 4. The van der Waals surface area contributed by atoms with Crippen molar-refractivity contribution in [1.82, 2.24) is 0 Å². The molecule has 0 saturated heterocycles. The number of anilines is 1. The zero-order chi connectivity index (χ0) is 14.7. The van der Waals surface area contributed by atoms with Gasteiger partial charge in [0.2, 0.25) is 0 Å². The van der Waals surface area contributed by atoms with Crippen LogP contribution >= 0.6 is 0 Å². The Bertz CT molecular complexity index is 466. The quantitative estimate of drug-likeness (QED) is 0.824. The Hall–Kier alpha value is -1.31. The molecule has 2 atom stereocenters. The second-order valence-electron chi connectivity index (χ2n) is 6.61. The minimum Gasteiger partial charge on any atom is -0.374 e. The molecule has 0 heterocycles. The van der Waals surface area contributed by atoms with E-state index >= 15 is 0 Å². The molecule has 1 fully saturated rings. The Morgan fingerprint density at radius 1 is 1.30 bits per heavy atom. The number of carbonyl (C=O) groups is 1. The van der Waals surface area contributed by atoms with Crippen LogP contribution < -0.4 is 4.90 Å². The highest BCUT2D eigenvalue weighted by Gasteiger charge is 2.30. The van der Waals surface area contributed by atoms with Crippen LogP contribution in [0.1, 0.15) is 38.7 Å². The van der Waals surface area contributed by atoms with Crippen LogP contribution in [0.3, 0.4) is 0 Å². The molecule has 2 unspecified atom stereocenters. The molecule has 0 N–H and O–H groups in total. The number of aryl methyl sites for hydroxylation is 1. The number of hydrogen-bond donors (Lipinski definition) is 0. The van der Waals surface area contributed by atoms with E-state index in [0.29, 0.717) is 17.6 Å². The van der Waals surface area contributed by atoms with Crippen molar-refractivity contribution in [2.24, 2.45) is 17.8 Å². The van der Waals surface area contributed by atoms with Gasteiger partial charge in [0.25, 0.3) is 0 Å². The monoisotopic (exact) mass is 273 g/mol. The molecule has 0 amide bonds. The van der Waals surface area contributed by atoms with Gasteiger partial charge in [-0.25, -0.2) is 0 Å². The Kier molecular flexibility index (Phi) is 4.85. The Morgan fingerprint density at radius 2 is 2.00 bits per heavy atom. The lowest BCUT2D eigenvalue weighted by Gasteiger charge is -2.33. The molecule has 2 nitrogen and oxygen atoms in total. The standard InChI is InChI=1S/C18H27NO/c1-13(2)15-9-10-18(20)16(11-15)12-19(4)17-8-6-5-7-14(17)3/h5-8,13,15-16H,9-12H2,1-4H3. The SMILES string of the molecule is Cc1ccccc1N(C)CC1CC(C(C)C)CCC1=O. The molecule has 2 heteroatoms. The number of carbonyl (C=O) groups excluding carboxylic acids is 1. The number of benzene rings is 1.